The lowest BCUT2D eigenvalue weighted by Crippen LogP contribution is -2.39. The maximum absolute atomic E-state index is 4.60. The van der Waals surface area contributed by atoms with Crippen LogP contribution in [0.2, 0.25) is 0 Å². The highest BCUT2D eigenvalue weighted by Crippen LogP contribution is 2.26. The number of nitrogens with one attached hydrogen (secondary N) is 1. The van der Waals surface area contributed by atoms with Crippen molar-refractivity contribution in [1.29, 1.82) is 0 Å². The van der Waals surface area contributed by atoms with Gasteiger partial charge in [0, 0.05) is 17.0 Å². The monoisotopic (exact) mass is 240 g/mol. The Labute approximate surface area is 103 Å². The van der Waals surface area contributed by atoms with E-state index in [0.29, 0.717) is 12.1 Å². The number of hydrogen-bond donors (Lipinski definition) is 1. The number of rotatable bonds is 3. The normalized spacial score (nSPS) is 16.2. The molecule has 16 heavy (non-hydrogen) atoms. The van der Waals surface area contributed by atoms with Crippen molar-refractivity contribution in [2.24, 2.45) is 5.41 Å². The van der Waals surface area contributed by atoms with Crippen LogP contribution in [0.1, 0.15) is 56.2 Å². The molecule has 0 aliphatic rings. The molecule has 0 radical (unpaired) electrons. The largest absolute Gasteiger partial charge is 0.306 e. The topological polar surface area (TPSA) is 24.9 Å². The molecule has 1 N–H and O–H groups in total. The molecule has 1 heterocycles. The van der Waals surface area contributed by atoms with Crippen molar-refractivity contribution in [2.45, 2.75) is 60.5 Å². The summed E-state index contributed by atoms with van der Waals surface area (Å²) in [5, 5.41) is 4.79. The highest BCUT2D eigenvalue weighted by atomic mass is 32.1. The van der Waals surface area contributed by atoms with Crippen molar-refractivity contribution in [3.05, 3.63) is 15.6 Å². The van der Waals surface area contributed by atoms with Gasteiger partial charge in [-0.05, 0) is 33.1 Å². The number of nitrogens with zero attached hydrogens (tertiary/aromatic N) is 1. The molecule has 2 atom stereocenters. The average Bonchev–Trinajstić information content (AvgIpc) is 2.43. The summed E-state index contributed by atoms with van der Waals surface area (Å²) in [5.41, 5.74) is 1.49. The van der Waals surface area contributed by atoms with E-state index in [2.05, 4.69) is 58.8 Å². The molecule has 0 aliphatic heterocycles. The molecule has 1 aromatic rings. The number of aryl methyl sites for hydroxylation is 2. The second kappa shape index (κ2) is 4.84. The lowest BCUT2D eigenvalue weighted by atomic mass is 9.87. The molecule has 2 unspecified atom stereocenters. The summed E-state index contributed by atoms with van der Waals surface area (Å²) in [6.45, 7) is 15.4. The lowest BCUT2D eigenvalue weighted by molar-refractivity contribution is 0.267. The van der Waals surface area contributed by atoms with Gasteiger partial charge in [0.2, 0.25) is 0 Å². The van der Waals surface area contributed by atoms with Gasteiger partial charge >= 0.3 is 0 Å². The van der Waals surface area contributed by atoms with Gasteiger partial charge in [0.15, 0.2) is 0 Å². The molecule has 0 saturated heterocycles. The number of aromatic nitrogens is 1. The van der Waals surface area contributed by atoms with E-state index in [0.717, 1.165) is 5.01 Å². The smallest absolute Gasteiger partial charge is 0.0900 e. The summed E-state index contributed by atoms with van der Waals surface area (Å²) in [6, 6.07) is 0.808. The number of hydrogen-bond acceptors (Lipinski definition) is 3. The molecule has 0 aromatic carbocycles. The van der Waals surface area contributed by atoms with Crippen LogP contribution in [0.4, 0.5) is 0 Å². The van der Waals surface area contributed by atoms with E-state index < -0.39 is 0 Å². The third kappa shape index (κ3) is 3.29. The maximum atomic E-state index is 4.60. The summed E-state index contributed by atoms with van der Waals surface area (Å²) in [5.74, 6) is 0. The molecular formula is C13H24N2S. The van der Waals surface area contributed by atoms with Crippen LogP contribution in [-0.4, -0.2) is 11.0 Å². The van der Waals surface area contributed by atoms with E-state index in [9.17, 15) is 0 Å². The molecule has 1 rings (SSSR count). The summed E-state index contributed by atoms with van der Waals surface area (Å²) in [4.78, 5) is 5.93. The Morgan fingerprint density at radius 1 is 1.19 bits per heavy atom. The fourth-order valence-electron chi connectivity index (χ4n) is 1.65. The number of thiazole rings is 1. The maximum Gasteiger partial charge on any atom is 0.0900 e. The predicted octanol–water partition coefficient (Wildman–Crippen LogP) is 3.85. The molecule has 92 valence electrons. The van der Waals surface area contributed by atoms with Gasteiger partial charge in [0.05, 0.1) is 10.7 Å². The van der Waals surface area contributed by atoms with Gasteiger partial charge < -0.3 is 5.32 Å². The molecule has 0 aliphatic carbocycles. The fourth-order valence-corrected chi connectivity index (χ4v) is 2.56. The minimum absolute atomic E-state index is 0.285. The standard InChI is InChI=1S/C13H24N2S/c1-8(14-10(3)13(5,6)7)12-9(2)16-11(4)15-12/h8,10,14H,1-7H3. The predicted molar refractivity (Wildman–Crippen MR) is 72.1 cm³/mol. The third-order valence-corrected chi connectivity index (χ3v) is 4.05. The van der Waals surface area contributed by atoms with Crippen molar-refractivity contribution < 1.29 is 0 Å². The first-order chi connectivity index (χ1) is 7.21. The molecule has 1 aromatic heterocycles. The lowest BCUT2D eigenvalue weighted by Gasteiger charge is -2.30. The Balaban J connectivity index is 2.73. The van der Waals surface area contributed by atoms with Crippen LogP contribution >= 0.6 is 11.3 Å². The second-order valence-electron chi connectivity index (χ2n) is 5.65. The van der Waals surface area contributed by atoms with Crippen molar-refractivity contribution in [3.63, 3.8) is 0 Å². The second-order valence-corrected chi connectivity index (χ2v) is 7.06. The molecular weight excluding hydrogens is 216 g/mol. The van der Waals surface area contributed by atoms with E-state index in [1.54, 1.807) is 11.3 Å². The summed E-state index contributed by atoms with van der Waals surface area (Å²) >= 11 is 1.78. The molecule has 3 heteroatoms. The van der Waals surface area contributed by atoms with Crippen LogP contribution in [0.15, 0.2) is 0 Å². The van der Waals surface area contributed by atoms with Gasteiger partial charge in [-0.1, -0.05) is 20.8 Å². The first-order valence-electron chi connectivity index (χ1n) is 5.91. The van der Waals surface area contributed by atoms with E-state index >= 15 is 0 Å². The van der Waals surface area contributed by atoms with Crippen LogP contribution in [0, 0.1) is 19.3 Å². The molecule has 0 amide bonds. The first kappa shape index (κ1) is 13.7. The molecule has 0 saturated carbocycles. The zero-order valence-corrected chi connectivity index (χ0v) is 12.3. The highest BCUT2D eigenvalue weighted by Gasteiger charge is 2.23. The van der Waals surface area contributed by atoms with Crippen LogP contribution < -0.4 is 5.32 Å². The highest BCUT2D eigenvalue weighted by molar-refractivity contribution is 7.11. The summed E-state index contributed by atoms with van der Waals surface area (Å²) < 4.78 is 0. The first-order valence-corrected chi connectivity index (χ1v) is 6.73. The Kier molecular flexibility index (Phi) is 4.13. The van der Waals surface area contributed by atoms with Crippen LogP contribution in [0.25, 0.3) is 0 Å². The SMILES string of the molecule is Cc1nc(C(C)NC(C)C(C)(C)C)c(C)s1. The zero-order chi connectivity index (χ0) is 12.5. The van der Waals surface area contributed by atoms with Gasteiger partial charge in [-0.15, -0.1) is 11.3 Å². The third-order valence-electron chi connectivity index (χ3n) is 3.15. The van der Waals surface area contributed by atoms with Gasteiger partial charge in [0.1, 0.15) is 0 Å². The minimum atomic E-state index is 0.285. The molecule has 0 fully saturated rings. The van der Waals surface area contributed by atoms with Crippen molar-refractivity contribution in [1.82, 2.24) is 10.3 Å². The summed E-state index contributed by atoms with van der Waals surface area (Å²) in [7, 11) is 0. The van der Waals surface area contributed by atoms with Gasteiger partial charge in [-0.2, -0.15) is 0 Å². The van der Waals surface area contributed by atoms with Crippen molar-refractivity contribution in [2.75, 3.05) is 0 Å². The Hall–Kier alpha value is -0.410. The minimum Gasteiger partial charge on any atom is -0.306 e. The Morgan fingerprint density at radius 3 is 2.12 bits per heavy atom. The molecule has 0 bridgehead atoms. The van der Waals surface area contributed by atoms with E-state index in [-0.39, 0.29) is 5.41 Å². The van der Waals surface area contributed by atoms with E-state index in [1.165, 1.54) is 10.6 Å². The van der Waals surface area contributed by atoms with E-state index in [4.69, 9.17) is 0 Å². The van der Waals surface area contributed by atoms with Crippen LogP contribution in [0.5, 0.6) is 0 Å². The summed E-state index contributed by atoms with van der Waals surface area (Å²) in [6.07, 6.45) is 0. The molecule has 0 spiro atoms. The van der Waals surface area contributed by atoms with Crippen LogP contribution in [-0.2, 0) is 0 Å². The van der Waals surface area contributed by atoms with Crippen LogP contribution in [0.3, 0.4) is 0 Å². The Morgan fingerprint density at radius 2 is 1.75 bits per heavy atom. The zero-order valence-electron chi connectivity index (χ0n) is 11.5. The quantitative estimate of drug-likeness (QED) is 0.868. The Bertz CT molecular complexity index is 349. The van der Waals surface area contributed by atoms with Gasteiger partial charge in [-0.25, -0.2) is 4.98 Å². The average molecular weight is 240 g/mol. The van der Waals surface area contributed by atoms with Gasteiger partial charge in [0.25, 0.3) is 0 Å². The van der Waals surface area contributed by atoms with Crippen molar-refractivity contribution >= 4 is 11.3 Å². The molecule has 2 nitrogen and oxygen atoms in total. The van der Waals surface area contributed by atoms with Crippen molar-refractivity contribution in [3.8, 4) is 0 Å². The fraction of sp³-hybridized carbons (Fsp3) is 0.769. The van der Waals surface area contributed by atoms with E-state index in [1.807, 2.05) is 0 Å². The van der Waals surface area contributed by atoms with Gasteiger partial charge in [-0.3, -0.25) is 0 Å².